The van der Waals surface area contributed by atoms with E-state index >= 15 is 0 Å². The molecule has 78 valence electrons. The summed E-state index contributed by atoms with van der Waals surface area (Å²) in [6, 6.07) is 9.34. The van der Waals surface area contributed by atoms with Crippen molar-refractivity contribution in [2.45, 2.75) is 6.10 Å². The topological polar surface area (TPSA) is 49.8 Å². The molecule has 1 N–H and O–H groups in total. The fourth-order valence-electron chi connectivity index (χ4n) is 1.41. The van der Waals surface area contributed by atoms with Crippen LogP contribution in [0.5, 0.6) is 0 Å². The van der Waals surface area contributed by atoms with Gasteiger partial charge in [-0.3, -0.25) is 4.90 Å². The molecule has 1 unspecified atom stereocenters. The molecule has 1 aromatic rings. The molecule has 1 aliphatic heterocycles. The zero-order chi connectivity index (χ0) is 10.8. The molecule has 0 spiro atoms. The lowest BCUT2D eigenvalue weighted by Crippen LogP contribution is -2.27. The van der Waals surface area contributed by atoms with Gasteiger partial charge in [0.05, 0.1) is 6.54 Å². The smallest absolute Gasteiger partial charge is 0.346 e. The van der Waals surface area contributed by atoms with E-state index in [1.807, 2.05) is 30.3 Å². The second-order valence-corrected chi connectivity index (χ2v) is 3.51. The third kappa shape index (κ3) is 1.92. The number of para-hydroxylation sites is 1. The average molecular weight is 223 g/mol. The number of thiocarbonyl (C=S) groups is 1. The van der Waals surface area contributed by atoms with Crippen molar-refractivity contribution in [2.24, 2.45) is 0 Å². The standard InChI is InChI=1S/C10H9NO3S/c12-9(13)8-6-11(10(15)14-8)7-4-2-1-3-5-7/h1-5,8H,6H2,(H,12,13). The second-order valence-electron chi connectivity index (χ2n) is 3.16. The van der Waals surface area contributed by atoms with Crippen LogP contribution in [0.3, 0.4) is 0 Å². The normalized spacial score (nSPS) is 20.1. The highest BCUT2D eigenvalue weighted by atomic mass is 32.1. The summed E-state index contributed by atoms with van der Waals surface area (Å²) in [5, 5.41) is 9.00. The number of rotatable bonds is 2. The Morgan fingerprint density at radius 3 is 2.67 bits per heavy atom. The Labute approximate surface area is 92.1 Å². The van der Waals surface area contributed by atoms with E-state index in [0.29, 0.717) is 0 Å². The minimum atomic E-state index is -0.990. The highest BCUT2D eigenvalue weighted by Gasteiger charge is 2.33. The van der Waals surface area contributed by atoms with Gasteiger partial charge in [-0.05, 0) is 24.4 Å². The van der Waals surface area contributed by atoms with Crippen LogP contribution in [-0.4, -0.2) is 28.9 Å². The maximum Gasteiger partial charge on any atom is 0.346 e. The highest BCUT2D eigenvalue weighted by Crippen LogP contribution is 2.21. The van der Waals surface area contributed by atoms with Crippen molar-refractivity contribution >= 4 is 29.0 Å². The second kappa shape index (κ2) is 3.86. The van der Waals surface area contributed by atoms with Crippen LogP contribution in [0, 0.1) is 0 Å². The van der Waals surface area contributed by atoms with Crippen molar-refractivity contribution < 1.29 is 14.6 Å². The van der Waals surface area contributed by atoms with Gasteiger partial charge in [0.15, 0.2) is 0 Å². The van der Waals surface area contributed by atoms with Gasteiger partial charge in [0, 0.05) is 5.69 Å². The molecule has 1 heterocycles. The fourth-order valence-corrected chi connectivity index (χ4v) is 1.71. The molecule has 0 radical (unpaired) electrons. The van der Waals surface area contributed by atoms with Gasteiger partial charge in [-0.15, -0.1) is 0 Å². The van der Waals surface area contributed by atoms with E-state index < -0.39 is 12.1 Å². The molecular formula is C10H9NO3S. The van der Waals surface area contributed by atoms with Crippen LogP contribution in [0.1, 0.15) is 0 Å². The fraction of sp³-hybridized carbons (Fsp3) is 0.200. The van der Waals surface area contributed by atoms with Crippen molar-refractivity contribution in [3.05, 3.63) is 30.3 Å². The van der Waals surface area contributed by atoms with Gasteiger partial charge in [-0.2, -0.15) is 0 Å². The van der Waals surface area contributed by atoms with Gasteiger partial charge in [0.25, 0.3) is 5.17 Å². The van der Waals surface area contributed by atoms with Crippen LogP contribution in [0.15, 0.2) is 30.3 Å². The van der Waals surface area contributed by atoms with E-state index in [0.717, 1.165) is 5.69 Å². The first-order chi connectivity index (χ1) is 7.18. The summed E-state index contributed by atoms with van der Waals surface area (Å²) in [6.45, 7) is 0.262. The first-order valence-electron chi connectivity index (χ1n) is 4.44. The van der Waals surface area contributed by atoms with Crippen LogP contribution in [0.25, 0.3) is 0 Å². The Kier molecular flexibility index (Phi) is 2.55. The number of carboxylic acid groups (broad SMARTS) is 1. The third-order valence-electron chi connectivity index (χ3n) is 2.16. The molecule has 0 amide bonds. The molecule has 1 aromatic carbocycles. The third-order valence-corrected chi connectivity index (χ3v) is 2.47. The van der Waals surface area contributed by atoms with Crippen molar-refractivity contribution in [3.8, 4) is 0 Å². The van der Waals surface area contributed by atoms with Gasteiger partial charge in [-0.1, -0.05) is 18.2 Å². The van der Waals surface area contributed by atoms with E-state index in [4.69, 9.17) is 22.1 Å². The monoisotopic (exact) mass is 223 g/mol. The van der Waals surface area contributed by atoms with E-state index in [-0.39, 0.29) is 11.7 Å². The van der Waals surface area contributed by atoms with E-state index in [1.54, 1.807) is 4.90 Å². The van der Waals surface area contributed by atoms with Crippen LogP contribution >= 0.6 is 12.2 Å². The summed E-state index contributed by atoms with van der Waals surface area (Å²) in [5.41, 5.74) is 0.853. The van der Waals surface area contributed by atoms with Gasteiger partial charge >= 0.3 is 5.97 Å². The Balaban J connectivity index is 2.19. The molecule has 5 heteroatoms. The zero-order valence-electron chi connectivity index (χ0n) is 7.79. The summed E-state index contributed by atoms with van der Waals surface area (Å²) in [7, 11) is 0. The van der Waals surface area contributed by atoms with Crippen molar-refractivity contribution in [1.29, 1.82) is 0 Å². The first kappa shape index (κ1) is 9.92. The number of anilines is 1. The molecule has 0 bridgehead atoms. The minimum absolute atomic E-state index is 0.216. The number of benzene rings is 1. The number of carbonyl (C=O) groups is 1. The van der Waals surface area contributed by atoms with Gasteiger partial charge < -0.3 is 9.84 Å². The molecule has 0 saturated carbocycles. The Hall–Kier alpha value is -1.62. The summed E-state index contributed by atoms with van der Waals surface area (Å²) in [6.07, 6.45) is -0.863. The van der Waals surface area contributed by atoms with Gasteiger partial charge in [0.2, 0.25) is 6.10 Å². The number of nitrogens with zero attached hydrogens (tertiary/aromatic N) is 1. The van der Waals surface area contributed by atoms with Gasteiger partial charge in [0.1, 0.15) is 0 Å². The van der Waals surface area contributed by atoms with Crippen LogP contribution in [-0.2, 0) is 9.53 Å². The maximum atomic E-state index is 10.7. The Bertz CT molecular complexity index is 393. The van der Waals surface area contributed by atoms with Crippen LogP contribution in [0.4, 0.5) is 5.69 Å². The van der Waals surface area contributed by atoms with Gasteiger partial charge in [-0.25, -0.2) is 4.79 Å². The predicted octanol–water partition coefficient (Wildman–Crippen LogP) is 1.26. The first-order valence-corrected chi connectivity index (χ1v) is 4.85. The molecule has 1 fully saturated rings. The molecule has 1 saturated heterocycles. The van der Waals surface area contributed by atoms with Crippen LogP contribution in [0.2, 0.25) is 0 Å². The quantitative estimate of drug-likeness (QED) is 0.765. The molecule has 15 heavy (non-hydrogen) atoms. The molecule has 4 nitrogen and oxygen atoms in total. The number of carboxylic acids is 1. The number of hydrogen-bond acceptors (Lipinski definition) is 3. The van der Waals surface area contributed by atoms with E-state index in [9.17, 15) is 4.79 Å². The maximum absolute atomic E-state index is 10.7. The van der Waals surface area contributed by atoms with E-state index in [2.05, 4.69) is 0 Å². The predicted molar refractivity (Wildman–Crippen MR) is 58.9 cm³/mol. The lowest BCUT2D eigenvalue weighted by molar-refractivity contribution is -0.144. The summed E-state index contributed by atoms with van der Waals surface area (Å²) in [4.78, 5) is 12.4. The van der Waals surface area contributed by atoms with Crippen molar-refractivity contribution in [1.82, 2.24) is 0 Å². The van der Waals surface area contributed by atoms with Crippen molar-refractivity contribution in [2.75, 3.05) is 11.4 Å². The average Bonchev–Trinajstić information content (AvgIpc) is 2.62. The zero-order valence-corrected chi connectivity index (χ0v) is 8.61. The molecular weight excluding hydrogens is 214 g/mol. The minimum Gasteiger partial charge on any atom is -0.478 e. The largest absolute Gasteiger partial charge is 0.478 e. The molecule has 0 aliphatic carbocycles. The molecule has 0 aromatic heterocycles. The highest BCUT2D eigenvalue weighted by molar-refractivity contribution is 7.80. The lowest BCUT2D eigenvalue weighted by Gasteiger charge is -2.13. The summed E-state index contributed by atoms with van der Waals surface area (Å²) < 4.78 is 5.05. The Morgan fingerprint density at radius 2 is 2.13 bits per heavy atom. The number of ether oxygens (including phenoxy) is 1. The molecule has 1 atom stereocenters. The summed E-state index contributed by atoms with van der Waals surface area (Å²) in [5.74, 6) is -0.990. The summed E-state index contributed by atoms with van der Waals surface area (Å²) >= 11 is 4.96. The number of aliphatic carboxylic acids is 1. The molecule has 1 aliphatic rings. The van der Waals surface area contributed by atoms with Crippen LogP contribution < -0.4 is 4.90 Å². The molecule has 2 rings (SSSR count). The SMILES string of the molecule is O=C(O)C1CN(c2ccccc2)C(=S)O1. The lowest BCUT2D eigenvalue weighted by atomic mass is 10.3. The van der Waals surface area contributed by atoms with Crippen molar-refractivity contribution in [3.63, 3.8) is 0 Å². The number of hydrogen-bond donors (Lipinski definition) is 1. The Morgan fingerprint density at radius 1 is 1.47 bits per heavy atom. The van der Waals surface area contributed by atoms with E-state index in [1.165, 1.54) is 0 Å².